The van der Waals surface area contributed by atoms with Gasteiger partial charge in [-0.1, -0.05) is 11.6 Å². The molecule has 0 radical (unpaired) electrons. The standard InChI is InChI=1S/C26H25ClF3N5O3/c1-13-8-21-18(12-33(13)24(37)17-4-5-20(27)19(9-17)26(28,29)30)23-25(38)34(11-14(2)35(23)32-21)15(3)16-6-7-31-22(36)10-16/h4-7,9-10,13-15H,8,11-12H2,1-3H3,(H,31,36)/t13-,14-,15?/m1/s1. The van der Waals surface area contributed by atoms with Crippen LogP contribution in [-0.4, -0.2) is 49.0 Å². The van der Waals surface area contributed by atoms with Gasteiger partial charge < -0.3 is 14.8 Å². The lowest BCUT2D eigenvalue weighted by Crippen LogP contribution is -2.45. The number of amides is 2. The van der Waals surface area contributed by atoms with E-state index < -0.39 is 22.7 Å². The van der Waals surface area contributed by atoms with Crippen LogP contribution in [0.2, 0.25) is 5.02 Å². The fourth-order valence-corrected chi connectivity index (χ4v) is 5.46. The number of nitrogens with zero attached hydrogens (tertiary/aromatic N) is 4. The molecule has 5 rings (SSSR count). The predicted octanol–water partition coefficient (Wildman–Crippen LogP) is 4.61. The minimum absolute atomic E-state index is 0.0281. The van der Waals surface area contributed by atoms with Crippen molar-refractivity contribution in [3.63, 3.8) is 0 Å². The normalized spacial score (nSPS) is 20.2. The summed E-state index contributed by atoms with van der Waals surface area (Å²) < 4.78 is 41.9. The highest BCUT2D eigenvalue weighted by molar-refractivity contribution is 6.31. The molecule has 8 nitrogen and oxygen atoms in total. The number of halogens is 4. The summed E-state index contributed by atoms with van der Waals surface area (Å²) >= 11 is 5.74. The molecule has 3 atom stereocenters. The van der Waals surface area contributed by atoms with E-state index in [1.165, 1.54) is 23.2 Å². The molecular formula is C26H25ClF3N5O3. The summed E-state index contributed by atoms with van der Waals surface area (Å²) in [6.07, 6.45) is -2.82. The molecule has 12 heteroatoms. The Hall–Kier alpha value is -3.60. The number of carbonyl (C=O) groups excluding carboxylic acids is 2. The Balaban J connectivity index is 1.49. The van der Waals surface area contributed by atoms with Crippen LogP contribution in [-0.2, 0) is 19.1 Å². The smallest absolute Gasteiger partial charge is 0.331 e. The minimum Gasteiger partial charge on any atom is -0.331 e. The van der Waals surface area contributed by atoms with Crippen LogP contribution in [0.25, 0.3) is 0 Å². The van der Waals surface area contributed by atoms with Gasteiger partial charge in [-0.25, -0.2) is 0 Å². The van der Waals surface area contributed by atoms with Crippen LogP contribution in [0, 0.1) is 0 Å². The van der Waals surface area contributed by atoms with Gasteiger partial charge in [-0.2, -0.15) is 18.3 Å². The average Bonchev–Trinajstić information content (AvgIpc) is 3.23. The number of benzene rings is 1. The van der Waals surface area contributed by atoms with Crippen molar-refractivity contribution in [2.75, 3.05) is 6.54 Å². The van der Waals surface area contributed by atoms with Gasteiger partial charge in [0.1, 0.15) is 5.69 Å². The summed E-state index contributed by atoms with van der Waals surface area (Å²) in [5.41, 5.74) is 0.829. The van der Waals surface area contributed by atoms with E-state index in [-0.39, 0.29) is 41.7 Å². The Labute approximate surface area is 221 Å². The maximum Gasteiger partial charge on any atom is 0.417 e. The van der Waals surface area contributed by atoms with E-state index >= 15 is 0 Å². The van der Waals surface area contributed by atoms with Crippen LogP contribution >= 0.6 is 11.6 Å². The van der Waals surface area contributed by atoms with E-state index in [0.29, 0.717) is 35.5 Å². The summed E-state index contributed by atoms with van der Waals surface area (Å²) in [5.74, 6) is -0.868. The third-order valence-corrected chi connectivity index (χ3v) is 7.64. The van der Waals surface area contributed by atoms with Crippen LogP contribution in [0.5, 0.6) is 0 Å². The molecule has 38 heavy (non-hydrogen) atoms. The number of rotatable bonds is 3. The van der Waals surface area contributed by atoms with Gasteiger partial charge in [0, 0.05) is 42.4 Å². The highest BCUT2D eigenvalue weighted by Crippen LogP contribution is 2.37. The molecule has 4 heterocycles. The van der Waals surface area contributed by atoms with E-state index in [1.54, 1.807) is 22.6 Å². The number of aromatic nitrogens is 3. The van der Waals surface area contributed by atoms with Gasteiger partial charge >= 0.3 is 6.18 Å². The van der Waals surface area contributed by atoms with E-state index in [9.17, 15) is 27.6 Å². The van der Waals surface area contributed by atoms with Crippen LogP contribution in [0.15, 0.2) is 41.3 Å². The maximum absolute atomic E-state index is 13.8. The molecule has 0 saturated carbocycles. The topological polar surface area (TPSA) is 91.3 Å². The van der Waals surface area contributed by atoms with Crippen LogP contribution in [0.1, 0.15) is 76.1 Å². The minimum atomic E-state index is -4.70. The van der Waals surface area contributed by atoms with Crippen molar-refractivity contribution in [1.82, 2.24) is 24.6 Å². The van der Waals surface area contributed by atoms with Crippen molar-refractivity contribution >= 4 is 23.4 Å². The molecule has 1 unspecified atom stereocenters. The fraction of sp³-hybridized carbons (Fsp3) is 0.385. The summed E-state index contributed by atoms with van der Waals surface area (Å²) in [6.45, 7) is 5.98. The van der Waals surface area contributed by atoms with Crippen molar-refractivity contribution in [2.24, 2.45) is 0 Å². The third kappa shape index (κ3) is 4.38. The first-order chi connectivity index (χ1) is 17.9. The number of hydrogen-bond donors (Lipinski definition) is 1. The zero-order chi connectivity index (χ0) is 27.5. The molecule has 2 amide bonds. The first-order valence-corrected chi connectivity index (χ1v) is 12.5. The highest BCUT2D eigenvalue weighted by Gasteiger charge is 2.41. The Kier molecular flexibility index (Phi) is 6.37. The van der Waals surface area contributed by atoms with Gasteiger partial charge in [0.05, 0.1) is 34.9 Å². The first kappa shape index (κ1) is 26.0. The van der Waals surface area contributed by atoms with Crippen molar-refractivity contribution in [1.29, 1.82) is 0 Å². The molecule has 2 aliphatic heterocycles. The largest absolute Gasteiger partial charge is 0.417 e. The number of alkyl halides is 3. The first-order valence-electron chi connectivity index (χ1n) is 12.1. The molecule has 1 aromatic carbocycles. The molecule has 0 spiro atoms. The zero-order valence-electron chi connectivity index (χ0n) is 20.8. The number of fused-ring (bicyclic) bond motifs is 3. The molecule has 200 valence electrons. The van der Waals surface area contributed by atoms with Crippen LogP contribution in [0.4, 0.5) is 13.2 Å². The van der Waals surface area contributed by atoms with Crippen molar-refractivity contribution in [2.45, 2.75) is 58.0 Å². The number of pyridine rings is 1. The summed E-state index contributed by atoms with van der Waals surface area (Å²) in [7, 11) is 0. The van der Waals surface area contributed by atoms with E-state index in [0.717, 1.165) is 12.1 Å². The summed E-state index contributed by atoms with van der Waals surface area (Å²) in [5, 5.41) is 4.20. The summed E-state index contributed by atoms with van der Waals surface area (Å²) in [4.78, 5) is 44.7. The lowest BCUT2D eigenvalue weighted by molar-refractivity contribution is -0.137. The van der Waals surface area contributed by atoms with Gasteiger partial charge in [-0.3, -0.25) is 19.1 Å². The van der Waals surface area contributed by atoms with Crippen LogP contribution < -0.4 is 5.56 Å². The van der Waals surface area contributed by atoms with Gasteiger partial charge in [-0.05, 0) is 50.6 Å². The molecule has 0 bridgehead atoms. The molecule has 0 saturated heterocycles. The maximum atomic E-state index is 13.8. The number of nitrogens with one attached hydrogen (secondary N) is 1. The SMILES string of the molecule is CC(c1cc[nH]c(=O)c1)N1C[C@@H](C)n2nc3c(c2C1=O)CN(C(=O)c1ccc(Cl)c(C(F)(F)F)c1)[C@H](C)C3. The van der Waals surface area contributed by atoms with Gasteiger partial charge in [0.2, 0.25) is 5.56 Å². The quantitative estimate of drug-likeness (QED) is 0.518. The number of H-pyrrole nitrogens is 1. The molecule has 3 aromatic rings. The Morgan fingerprint density at radius 1 is 1.16 bits per heavy atom. The third-order valence-electron chi connectivity index (χ3n) is 7.31. The second-order valence-electron chi connectivity index (χ2n) is 9.87. The summed E-state index contributed by atoms with van der Waals surface area (Å²) in [6, 6.07) is 5.39. The van der Waals surface area contributed by atoms with E-state index in [4.69, 9.17) is 11.6 Å². The molecule has 2 aliphatic rings. The van der Waals surface area contributed by atoms with E-state index in [1.807, 2.05) is 13.8 Å². The van der Waals surface area contributed by atoms with Crippen molar-refractivity contribution in [3.05, 3.63) is 85.5 Å². The fourth-order valence-electron chi connectivity index (χ4n) is 5.24. The molecule has 2 aromatic heterocycles. The van der Waals surface area contributed by atoms with Crippen molar-refractivity contribution < 1.29 is 22.8 Å². The number of hydrogen-bond acceptors (Lipinski definition) is 4. The highest BCUT2D eigenvalue weighted by atomic mass is 35.5. The molecule has 0 fully saturated rings. The molecule has 0 aliphatic carbocycles. The van der Waals surface area contributed by atoms with Gasteiger partial charge in [-0.15, -0.1) is 0 Å². The zero-order valence-corrected chi connectivity index (χ0v) is 21.6. The van der Waals surface area contributed by atoms with Crippen molar-refractivity contribution in [3.8, 4) is 0 Å². The van der Waals surface area contributed by atoms with Gasteiger partial charge in [0.25, 0.3) is 11.8 Å². The van der Waals surface area contributed by atoms with E-state index in [2.05, 4.69) is 10.1 Å². The number of aromatic amines is 1. The second kappa shape index (κ2) is 9.30. The Morgan fingerprint density at radius 2 is 1.89 bits per heavy atom. The lowest BCUT2D eigenvalue weighted by Gasteiger charge is -2.37. The average molecular weight is 548 g/mol. The molecular weight excluding hydrogens is 523 g/mol. The second-order valence-corrected chi connectivity index (χ2v) is 10.3. The Morgan fingerprint density at radius 3 is 2.58 bits per heavy atom. The Bertz CT molecular complexity index is 1500. The number of carbonyl (C=O) groups is 2. The monoisotopic (exact) mass is 547 g/mol. The van der Waals surface area contributed by atoms with Crippen LogP contribution in [0.3, 0.4) is 0 Å². The van der Waals surface area contributed by atoms with Gasteiger partial charge in [0.15, 0.2) is 0 Å². The predicted molar refractivity (Wildman–Crippen MR) is 133 cm³/mol. The molecule has 1 N–H and O–H groups in total. The lowest BCUT2D eigenvalue weighted by atomic mass is 9.96.